The molecular formula is C16H14N2O. The smallest absolute Gasteiger partial charge is 0.145 e. The van der Waals surface area contributed by atoms with Gasteiger partial charge >= 0.3 is 0 Å². The lowest BCUT2D eigenvalue weighted by Gasteiger charge is -2.27. The molecule has 3 rings (SSSR count). The van der Waals surface area contributed by atoms with Crippen LogP contribution < -0.4 is 10.1 Å². The molecule has 1 fully saturated rings. The van der Waals surface area contributed by atoms with E-state index in [1.165, 1.54) is 5.56 Å². The minimum Gasteiger partial charge on any atom is -0.456 e. The van der Waals surface area contributed by atoms with Crippen molar-refractivity contribution in [2.45, 2.75) is 5.92 Å². The maximum absolute atomic E-state index is 9.02. The Labute approximate surface area is 112 Å². The molecule has 94 valence electrons. The van der Waals surface area contributed by atoms with Crippen molar-refractivity contribution in [2.24, 2.45) is 0 Å². The van der Waals surface area contributed by atoms with E-state index >= 15 is 0 Å². The summed E-state index contributed by atoms with van der Waals surface area (Å²) in [6, 6.07) is 17.5. The van der Waals surface area contributed by atoms with Crippen molar-refractivity contribution in [1.82, 2.24) is 5.32 Å². The molecule has 3 heteroatoms. The first-order valence-corrected chi connectivity index (χ1v) is 6.34. The van der Waals surface area contributed by atoms with E-state index in [1.807, 2.05) is 30.3 Å². The molecule has 3 nitrogen and oxygen atoms in total. The Balaban J connectivity index is 1.78. The Bertz CT molecular complexity index is 609. The second-order valence-electron chi connectivity index (χ2n) is 4.63. The summed E-state index contributed by atoms with van der Waals surface area (Å²) in [6.07, 6.45) is 0. The van der Waals surface area contributed by atoms with Crippen LogP contribution >= 0.6 is 0 Å². The number of nitrogens with one attached hydrogen (secondary N) is 1. The molecule has 0 aromatic heterocycles. The average Bonchev–Trinajstić information content (AvgIpc) is 2.40. The van der Waals surface area contributed by atoms with Gasteiger partial charge < -0.3 is 10.1 Å². The van der Waals surface area contributed by atoms with Gasteiger partial charge in [-0.3, -0.25) is 0 Å². The highest BCUT2D eigenvalue weighted by Crippen LogP contribution is 2.27. The quantitative estimate of drug-likeness (QED) is 0.910. The zero-order valence-corrected chi connectivity index (χ0v) is 10.5. The molecule has 0 radical (unpaired) electrons. The van der Waals surface area contributed by atoms with Crippen LogP contribution in [0, 0.1) is 11.3 Å². The van der Waals surface area contributed by atoms with Crippen LogP contribution in [0.15, 0.2) is 48.5 Å². The number of nitrogens with zero attached hydrogens (tertiary/aromatic N) is 1. The fraction of sp³-hybridized carbons (Fsp3) is 0.188. The number of hydrogen-bond donors (Lipinski definition) is 1. The van der Waals surface area contributed by atoms with Crippen molar-refractivity contribution in [3.63, 3.8) is 0 Å². The van der Waals surface area contributed by atoms with E-state index in [4.69, 9.17) is 10.00 Å². The van der Waals surface area contributed by atoms with Crippen molar-refractivity contribution in [3.05, 3.63) is 59.7 Å². The van der Waals surface area contributed by atoms with Crippen LogP contribution in [0.5, 0.6) is 11.5 Å². The SMILES string of the molecule is N#Cc1ccccc1Oc1ccc(C2CNC2)cc1. The first-order valence-electron chi connectivity index (χ1n) is 6.34. The average molecular weight is 250 g/mol. The maximum Gasteiger partial charge on any atom is 0.145 e. The number of rotatable bonds is 3. The van der Waals surface area contributed by atoms with E-state index in [9.17, 15) is 0 Å². The summed E-state index contributed by atoms with van der Waals surface area (Å²) in [6.45, 7) is 2.11. The van der Waals surface area contributed by atoms with Gasteiger partial charge in [0.1, 0.15) is 17.6 Å². The molecule has 1 aliphatic rings. The fourth-order valence-electron chi connectivity index (χ4n) is 2.11. The number of para-hydroxylation sites is 1. The lowest BCUT2D eigenvalue weighted by Crippen LogP contribution is -2.39. The van der Waals surface area contributed by atoms with E-state index in [2.05, 4.69) is 23.5 Å². The molecule has 1 saturated heterocycles. The van der Waals surface area contributed by atoms with E-state index in [1.54, 1.807) is 6.07 Å². The third-order valence-corrected chi connectivity index (χ3v) is 3.37. The van der Waals surface area contributed by atoms with Gasteiger partial charge in [0, 0.05) is 19.0 Å². The topological polar surface area (TPSA) is 45.0 Å². The number of benzene rings is 2. The largest absolute Gasteiger partial charge is 0.456 e. The van der Waals surface area contributed by atoms with Gasteiger partial charge in [-0.2, -0.15) is 5.26 Å². The Hall–Kier alpha value is -2.31. The van der Waals surface area contributed by atoms with Crippen LogP contribution in [-0.4, -0.2) is 13.1 Å². The van der Waals surface area contributed by atoms with Crippen LogP contribution in [0.2, 0.25) is 0 Å². The lowest BCUT2D eigenvalue weighted by atomic mass is 9.94. The van der Waals surface area contributed by atoms with Gasteiger partial charge in [0.05, 0.1) is 5.56 Å². The summed E-state index contributed by atoms with van der Waals surface area (Å²) in [5.74, 6) is 1.99. The zero-order chi connectivity index (χ0) is 13.1. The van der Waals surface area contributed by atoms with Crippen molar-refractivity contribution < 1.29 is 4.74 Å². The van der Waals surface area contributed by atoms with Gasteiger partial charge in [-0.15, -0.1) is 0 Å². The summed E-state index contributed by atoms with van der Waals surface area (Å²) in [7, 11) is 0. The molecule has 0 unspecified atom stereocenters. The summed E-state index contributed by atoms with van der Waals surface area (Å²) in [5.41, 5.74) is 1.88. The van der Waals surface area contributed by atoms with Crippen molar-refractivity contribution in [3.8, 4) is 17.6 Å². The maximum atomic E-state index is 9.02. The molecule has 0 bridgehead atoms. The molecule has 1 aliphatic heterocycles. The molecule has 19 heavy (non-hydrogen) atoms. The Morgan fingerprint density at radius 3 is 2.42 bits per heavy atom. The first kappa shape index (κ1) is 11.8. The standard InChI is InChI=1S/C16H14N2O/c17-9-13-3-1-2-4-16(13)19-15-7-5-12(6-8-15)14-10-18-11-14/h1-8,14,18H,10-11H2. The third kappa shape index (κ3) is 2.44. The molecule has 0 amide bonds. The second kappa shape index (κ2) is 5.13. The van der Waals surface area contributed by atoms with Gasteiger partial charge in [0.25, 0.3) is 0 Å². The molecule has 0 aliphatic carbocycles. The second-order valence-corrected chi connectivity index (χ2v) is 4.63. The van der Waals surface area contributed by atoms with Gasteiger partial charge in [0.2, 0.25) is 0 Å². The minimum absolute atomic E-state index is 0.551. The molecule has 2 aromatic carbocycles. The Kier molecular flexibility index (Phi) is 3.18. The van der Waals surface area contributed by atoms with Crippen molar-refractivity contribution >= 4 is 0 Å². The van der Waals surface area contributed by atoms with Crippen LogP contribution in [0.4, 0.5) is 0 Å². The van der Waals surface area contributed by atoms with Gasteiger partial charge in [-0.1, -0.05) is 24.3 Å². The zero-order valence-electron chi connectivity index (χ0n) is 10.5. The van der Waals surface area contributed by atoms with E-state index in [-0.39, 0.29) is 0 Å². The molecule has 0 atom stereocenters. The predicted octanol–water partition coefficient (Wildman–Crippen LogP) is 3.04. The predicted molar refractivity (Wildman–Crippen MR) is 73.3 cm³/mol. The van der Waals surface area contributed by atoms with Crippen molar-refractivity contribution in [2.75, 3.05) is 13.1 Å². The summed E-state index contributed by atoms with van der Waals surface area (Å²) in [4.78, 5) is 0. The summed E-state index contributed by atoms with van der Waals surface area (Å²) < 4.78 is 5.75. The molecule has 0 saturated carbocycles. The Morgan fingerprint density at radius 2 is 1.79 bits per heavy atom. The summed E-state index contributed by atoms with van der Waals surface area (Å²) in [5, 5.41) is 12.3. The summed E-state index contributed by atoms with van der Waals surface area (Å²) >= 11 is 0. The van der Waals surface area contributed by atoms with E-state index < -0.39 is 0 Å². The monoisotopic (exact) mass is 250 g/mol. The van der Waals surface area contributed by atoms with Crippen molar-refractivity contribution in [1.29, 1.82) is 5.26 Å². The number of hydrogen-bond acceptors (Lipinski definition) is 3. The van der Waals surface area contributed by atoms with Gasteiger partial charge in [0.15, 0.2) is 0 Å². The fourth-order valence-corrected chi connectivity index (χ4v) is 2.11. The van der Waals surface area contributed by atoms with E-state index in [0.717, 1.165) is 18.8 Å². The molecule has 1 heterocycles. The minimum atomic E-state index is 0.551. The molecule has 1 N–H and O–H groups in total. The van der Waals surface area contributed by atoms with Gasteiger partial charge in [-0.05, 0) is 29.8 Å². The highest BCUT2D eigenvalue weighted by atomic mass is 16.5. The number of nitriles is 1. The van der Waals surface area contributed by atoms with Crippen LogP contribution in [0.1, 0.15) is 17.0 Å². The van der Waals surface area contributed by atoms with Crippen LogP contribution in [0.25, 0.3) is 0 Å². The van der Waals surface area contributed by atoms with E-state index in [0.29, 0.717) is 17.2 Å². The highest BCUT2D eigenvalue weighted by molar-refractivity contribution is 5.45. The molecular weight excluding hydrogens is 236 g/mol. The number of ether oxygens (including phenoxy) is 1. The molecule has 2 aromatic rings. The molecule has 0 spiro atoms. The van der Waals surface area contributed by atoms with Gasteiger partial charge in [-0.25, -0.2) is 0 Å². The van der Waals surface area contributed by atoms with Crippen LogP contribution in [-0.2, 0) is 0 Å². The Morgan fingerprint density at radius 1 is 1.05 bits per heavy atom. The van der Waals surface area contributed by atoms with Crippen LogP contribution in [0.3, 0.4) is 0 Å². The first-order chi connectivity index (χ1) is 9.36. The normalized spacial score (nSPS) is 14.5. The highest BCUT2D eigenvalue weighted by Gasteiger charge is 2.18. The lowest BCUT2D eigenvalue weighted by molar-refractivity contribution is 0.446. The third-order valence-electron chi connectivity index (χ3n) is 3.37.